The molecule has 6 heteroatoms. The molecule has 0 bridgehead atoms. The third kappa shape index (κ3) is 3.20. The number of hydrogen-bond donors (Lipinski definition) is 4. The summed E-state index contributed by atoms with van der Waals surface area (Å²) in [5.41, 5.74) is 1.17. The number of hydrogen-bond acceptors (Lipinski definition) is 5. The van der Waals surface area contributed by atoms with Crippen molar-refractivity contribution >= 4 is 11.7 Å². The first-order valence-corrected chi connectivity index (χ1v) is 5.30. The molecule has 4 N–H and O–H groups in total. The minimum Gasteiger partial charge on any atom is -0.478 e. The van der Waals surface area contributed by atoms with E-state index in [0.717, 1.165) is 0 Å². The maximum absolute atomic E-state index is 11.1. The molecule has 6 nitrogen and oxygen atoms in total. The van der Waals surface area contributed by atoms with Crippen LogP contribution in [-0.2, 0) is 0 Å². The number of aliphatic hydroxyl groups is 2. The van der Waals surface area contributed by atoms with E-state index >= 15 is 0 Å². The van der Waals surface area contributed by atoms with Gasteiger partial charge in [-0.15, -0.1) is 0 Å². The number of anilines is 1. The van der Waals surface area contributed by atoms with Crippen molar-refractivity contribution in [3.63, 3.8) is 0 Å². The maximum Gasteiger partial charge on any atom is 0.337 e. The highest BCUT2D eigenvalue weighted by molar-refractivity contribution is 5.95. The number of nitrogens with one attached hydrogen (secondary N) is 1. The van der Waals surface area contributed by atoms with Crippen LogP contribution in [0.1, 0.15) is 21.5 Å². The van der Waals surface area contributed by atoms with E-state index in [1.807, 2.05) is 6.07 Å². The summed E-state index contributed by atoms with van der Waals surface area (Å²) < 4.78 is 0. The molecule has 1 aromatic carbocycles. The van der Waals surface area contributed by atoms with Crippen molar-refractivity contribution < 1.29 is 20.1 Å². The first kappa shape index (κ1) is 14.0. The average Bonchev–Trinajstić information content (AvgIpc) is 2.35. The van der Waals surface area contributed by atoms with Crippen LogP contribution in [0.15, 0.2) is 12.1 Å². The number of carbonyl (C=O) groups is 1. The number of rotatable bonds is 5. The molecular weight excluding hydrogens is 236 g/mol. The molecule has 1 atom stereocenters. The summed E-state index contributed by atoms with van der Waals surface area (Å²) in [6, 6.07) is 4.71. The molecule has 0 heterocycles. The highest BCUT2D eigenvalue weighted by Crippen LogP contribution is 2.22. The van der Waals surface area contributed by atoms with Crippen LogP contribution in [0, 0.1) is 18.3 Å². The van der Waals surface area contributed by atoms with Gasteiger partial charge in [-0.05, 0) is 24.6 Å². The van der Waals surface area contributed by atoms with E-state index < -0.39 is 18.7 Å². The molecule has 1 aromatic rings. The van der Waals surface area contributed by atoms with Gasteiger partial charge in [-0.25, -0.2) is 4.79 Å². The molecule has 0 aliphatic carbocycles. The zero-order valence-electron chi connectivity index (χ0n) is 9.84. The summed E-state index contributed by atoms with van der Waals surface area (Å²) in [7, 11) is 0. The van der Waals surface area contributed by atoms with Gasteiger partial charge in [0, 0.05) is 6.54 Å². The molecule has 0 amide bonds. The number of aromatic carboxylic acids is 1. The molecule has 0 spiro atoms. The number of aliphatic hydroxyl groups excluding tert-OH is 2. The Morgan fingerprint density at radius 1 is 1.56 bits per heavy atom. The lowest BCUT2D eigenvalue weighted by molar-refractivity contribution is 0.0697. The summed E-state index contributed by atoms with van der Waals surface area (Å²) >= 11 is 0. The Labute approximate surface area is 104 Å². The minimum atomic E-state index is -1.16. The monoisotopic (exact) mass is 250 g/mol. The van der Waals surface area contributed by atoms with Crippen LogP contribution in [0.5, 0.6) is 0 Å². The van der Waals surface area contributed by atoms with Crippen LogP contribution >= 0.6 is 0 Å². The smallest absolute Gasteiger partial charge is 0.337 e. The van der Waals surface area contributed by atoms with Crippen LogP contribution in [0.2, 0.25) is 0 Å². The second-order valence-electron chi connectivity index (χ2n) is 3.85. The number of aryl methyl sites for hydroxylation is 1. The average molecular weight is 250 g/mol. The van der Waals surface area contributed by atoms with Gasteiger partial charge in [-0.3, -0.25) is 0 Å². The SMILES string of the molecule is Cc1cc(C#N)cc(C(=O)O)c1NCC(O)CO. The minimum absolute atomic E-state index is 0.0308. The van der Waals surface area contributed by atoms with E-state index in [-0.39, 0.29) is 17.7 Å². The van der Waals surface area contributed by atoms with Crippen LogP contribution in [-0.4, -0.2) is 40.5 Å². The molecule has 96 valence electrons. The lowest BCUT2D eigenvalue weighted by atomic mass is 10.0. The number of carboxylic acids is 1. The summed E-state index contributed by atoms with van der Waals surface area (Å²) in [6.07, 6.45) is -0.971. The fraction of sp³-hybridized carbons (Fsp3) is 0.333. The number of benzene rings is 1. The van der Waals surface area contributed by atoms with Crippen molar-refractivity contribution in [2.24, 2.45) is 0 Å². The molecule has 0 aromatic heterocycles. The third-order valence-corrected chi connectivity index (χ3v) is 2.42. The molecule has 0 fully saturated rings. The van der Waals surface area contributed by atoms with E-state index in [9.17, 15) is 9.90 Å². The second kappa shape index (κ2) is 6.00. The van der Waals surface area contributed by atoms with Crippen molar-refractivity contribution in [3.05, 3.63) is 28.8 Å². The number of nitrogens with zero attached hydrogens (tertiary/aromatic N) is 1. The number of nitriles is 1. The van der Waals surface area contributed by atoms with E-state index in [2.05, 4.69) is 5.32 Å². The summed E-state index contributed by atoms with van der Waals surface area (Å²) in [4.78, 5) is 11.1. The Bertz CT molecular complexity index is 494. The molecule has 0 radical (unpaired) electrons. The molecule has 1 rings (SSSR count). The number of carboxylic acid groups (broad SMARTS) is 1. The van der Waals surface area contributed by atoms with E-state index in [0.29, 0.717) is 11.3 Å². The lowest BCUT2D eigenvalue weighted by Crippen LogP contribution is -2.24. The van der Waals surface area contributed by atoms with Crippen LogP contribution in [0.3, 0.4) is 0 Å². The van der Waals surface area contributed by atoms with Gasteiger partial charge in [-0.2, -0.15) is 5.26 Å². The Morgan fingerprint density at radius 3 is 2.72 bits per heavy atom. The van der Waals surface area contributed by atoms with E-state index in [1.54, 1.807) is 13.0 Å². The van der Waals surface area contributed by atoms with Gasteiger partial charge in [0.1, 0.15) is 0 Å². The van der Waals surface area contributed by atoms with Crippen molar-refractivity contribution in [3.8, 4) is 6.07 Å². The van der Waals surface area contributed by atoms with Gasteiger partial charge in [-0.1, -0.05) is 0 Å². The van der Waals surface area contributed by atoms with Gasteiger partial charge in [0.25, 0.3) is 0 Å². The standard InChI is InChI=1S/C12H14N2O4/c1-7-2-8(4-13)3-10(12(17)18)11(7)14-5-9(16)6-15/h2-3,9,14-16H,5-6H2,1H3,(H,17,18). The predicted molar refractivity (Wildman–Crippen MR) is 64.4 cm³/mol. The Hall–Kier alpha value is -2.10. The summed E-state index contributed by atoms with van der Waals surface area (Å²) in [5.74, 6) is -1.16. The highest BCUT2D eigenvalue weighted by atomic mass is 16.4. The zero-order valence-corrected chi connectivity index (χ0v) is 9.84. The van der Waals surface area contributed by atoms with Gasteiger partial charge in [0.15, 0.2) is 0 Å². The lowest BCUT2D eigenvalue weighted by Gasteiger charge is -2.15. The van der Waals surface area contributed by atoms with Gasteiger partial charge < -0.3 is 20.6 Å². The normalized spacial score (nSPS) is 11.7. The van der Waals surface area contributed by atoms with Gasteiger partial charge in [0.2, 0.25) is 0 Å². The quantitative estimate of drug-likeness (QED) is 0.599. The summed E-state index contributed by atoms with van der Waals surface area (Å²) in [5, 5.41) is 38.5. The van der Waals surface area contributed by atoms with E-state index in [4.69, 9.17) is 15.5 Å². The first-order chi connectivity index (χ1) is 8.49. The van der Waals surface area contributed by atoms with Crippen molar-refractivity contribution in [1.29, 1.82) is 5.26 Å². The van der Waals surface area contributed by atoms with Crippen molar-refractivity contribution in [2.75, 3.05) is 18.5 Å². The Morgan fingerprint density at radius 2 is 2.22 bits per heavy atom. The molecule has 0 aliphatic heterocycles. The predicted octanol–water partition coefficient (Wildman–Crippen LogP) is 0.330. The fourth-order valence-corrected chi connectivity index (χ4v) is 1.54. The maximum atomic E-state index is 11.1. The molecule has 1 unspecified atom stereocenters. The van der Waals surface area contributed by atoms with E-state index in [1.165, 1.54) is 6.07 Å². The van der Waals surface area contributed by atoms with Gasteiger partial charge >= 0.3 is 5.97 Å². The molecular formula is C12H14N2O4. The molecule has 18 heavy (non-hydrogen) atoms. The highest BCUT2D eigenvalue weighted by Gasteiger charge is 2.15. The third-order valence-electron chi connectivity index (χ3n) is 2.42. The van der Waals surface area contributed by atoms with Crippen molar-refractivity contribution in [1.82, 2.24) is 0 Å². The van der Waals surface area contributed by atoms with Crippen LogP contribution in [0.4, 0.5) is 5.69 Å². The van der Waals surface area contributed by atoms with Gasteiger partial charge in [0.05, 0.1) is 35.6 Å². The Balaban J connectivity index is 3.09. The summed E-state index contributed by atoms with van der Waals surface area (Å²) in [6.45, 7) is 1.29. The fourth-order valence-electron chi connectivity index (χ4n) is 1.54. The first-order valence-electron chi connectivity index (χ1n) is 5.30. The molecule has 0 saturated heterocycles. The largest absolute Gasteiger partial charge is 0.478 e. The second-order valence-corrected chi connectivity index (χ2v) is 3.85. The van der Waals surface area contributed by atoms with Crippen LogP contribution < -0.4 is 5.32 Å². The van der Waals surface area contributed by atoms with Crippen molar-refractivity contribution in [2.45, 2.75) is 13.0 Å². The molecule has 0 saturated carbocycles. The Kier molecular flexibility index (Phi) is 4.66. The molecule has 0 aliphatic rings. The zero-order chi connectivity index (χ0) is 13.7. The topological polar surface area (TPSA) is 114 Å². The van der Waals surface area contributed by atoms with Crippen LogP contribution in [0.25, 0.3) is 0 Å².